The molecule has 4 heterocycles. The van der Waals surface area contributed by atoms with E-state index in [1.165, 1.54) is 0 Å². The summed E-state index contributed by atoms with van der Waals surface area (Å²) in [6.07, 6.45) is 3.58. The summed E-state index contributed by atoms with van der Waals surface area (Å²) < 4.78 is 5.30. The van der Waals surface area contributed by atoms with Gasteiger partial charge < -0.3 is 30.8 Å². The molecule has 39 heavy (non-hydrogen) atoms. The molecule has 0 aliphatic carbocycles. The average molecular weight is 532 g/mol. The fraction of sp³-hybridized carbons (Fsp3) is 0.357. The van der Waals surface area contributed by atoms with Crippen molar-refractivity contribution >= 4 is 52.4 Å². The second-order valence-electron chi connectivity index (χ2n) is 11.0. The van der Waals surface area contributed by atoms with Crippen LogP contribution in [0.2, 0.25) is 0 Å². The maximum Gasteiger partial charge on any atom is 0.324 e. The smallest absolute Gasteiger partial charge is 0.324 e. The lowest BCUT2D eigenvalue weighted by molar-refractivity contribution is -0.117. The van der Waals surface area contributed by atoms with Crippen LogP contribution < -0.4 is 26.6 Å². The topological polar surface area (TPSA) is 153 Å². The van der Waals surface area contributed by atoms with Crippen molar-refractivity contribution in [3.63, 3.8) is 0 Å². The predicted molar refractivity (Wildman–Crippen MR) is 151 cm³/mol. The molecule has 204 valence electrons. The summed E-state index contributed by atoms with van der Waals surface area (Å²) in [7, 11) is 0. The van der Waals surface area contributed by atoms with Gasteiger partial charge in [0.25, 0.3) is 5.91 Å². The maximum atomic E-state index is 12.9. The zero-order valence-electron chi connectivity index (χ0n) is 22.7. The fourth-order valence-electron chi connectivity index (χ4n) is 4.75. The molecule has 0 saturated carbocycles. The highest BCUT2D eigenvalue weighted by Crippen LogP contribution is 2.36. The number of anilines is 4. The first-order valence-electron chi connectivity index (χ1n) is 13.0. The molecule has 4 amide bonds. The zero-order valence-corrected chi connectivity index (χ0v) is 22.7. The summed E-state index contributed by atoms with van der Waals surface area (Å²) in [5.41, 5.74) is 5.19. The van der Waals surface area contributed by atoms with Crippen LogP contribution >= 0.6 is 0 Å². The quantitative estimate of drug-likeness (QED) is 0.261. The summed E-state index contributed by atoms with van der Waals surface area (Å²) in [4.78, 5) is 41.3. The minimum atomic E-state index is -0.483. The van der Waals surface area contributed by atoms with Gasteiger partial charge in [0.05, 0.1) is 23.0 Å². The van der Waals surface area contributed by atoms with Crippen molar-refractivity contribution in [2.24, 2.45) is 0 Å². The van der Waals surface area contributed by atoms with Gasteiger partial charge in [-0.1, -0.05) is 32.0 Å². The number of aryl methyl sites for hydroxylation is 1. The van der Waals surface area contributed by atoms with E-state index in [4.69, 9.17) is 4.52 Å². The highest BCUT2D eigenvalue weighted by atomic mass is 16.5. The van der Waals surface area contributed by atoms with Crippen LogP contribution in [0.25, 0.3) is 11.6 Å². The first-order valence-corrected chi connectivity index (χ1v) is 13.0. The third-order valence-corrected chi connectivity index (χ3v) is 6.94. The van der Waals surface area contributed by atoms with Crippen LogP contribution in [0.5, 0.6) is 0 Å². The monoisotopic (exact) mass is 531 g/mol. The minimum Gasteiger partial charge on any atom is -0.359 e. The molecule has 2 aliphatic rings. The van der Waals surface area contributed by atoms with E-state index in [0.29, 0.717) is 34.1 Å². The number of fused-ring (bicyclic) bond motifs is 1. The molecular weight excluding hydrogens is 498 g/mol. The van der Waals surface area contributed by atoms with Crippen LogP contribution in [-0.4, -0.2) is 40.6 Å². The van der Waals surface area contributed by atoms with Crippen LogP contribution in [0.4, 0.5) is 27.7 Å². The number of aromatic nitrogens is 2. The molecule has 1 fully saturated rings. The molecule has 11 heteroatoms. The average Bonchev–Trinajstić information content (AvgIpc) is 3.65. The van der Waals surface area contributed by atoms with Crippen molar-refractivity contribution in [3.05, 3.63) is 52.5 Å². The molecular formula is C28H33N7O4. The molecule has 1 saturated heterocycles. The molecule has 1 unspecified atom stereocenters. The van der Waals surface area contributed by atoms with Crippen molar-refractivity contribution < 1.29 is 18.9 Å². The van der Waals surface area contributed by atoms with Gasteiger partial charge in [0.1, 0.15) is 5.76 Å². The normalized spacial score (nSPS) is 17.7. The van der Waals surface area contributed by atoms with E-state index in [2.05, 4.69) is 36.7 Å². The van der Waals surface area contributed by atoms with Crippen LogP contribution in [0.15, 0.2) is 28.8 Å². The summed E-state index contributed by atoms with van der Waals surface area (Å²) in [6, 6.07) is 6.22. The van der Waals surface area contributed by atoms with E-state index in [-0.39, 0.29) is 23.3 Å². The van der Waals surface area contributed by atoms with Gasteiger partial charge in [-0.05, 0) is 57.0 Å². The van der Waals surface area contributed by atoms with Crippen LogP contribution in [-0.2, 0) is 15.0 Å². The Hall–Kier alpha value is -4.38. The first-order chi connectivity index (χ1) is 18.5. The van der Waals surface area contributed by atoms with Crippen molar-refractivity contribution in [1.29, 1.82) is 0 Å². The second-order valence-corrected chi connectivity index (χ2v) is 11.0. The Labute approximate surface area is 226 Å². The van der Waals surface area contributed by atoms with E-state index < -0.39 is 6.03 Å². The number of carbonyl (C=O) groups excluding carboxylic acids is 3. The first kappa shape index (κ1) is 26.2. The number of urea groups is 1. The number of H-pyrrole nitrogens is 1. The number of nitrogens with zero attached hydrogens (tertiary/aromatic N) is 1. The van der Waals surface area contributed by atoms with Crippen molar-refractivity contribution in [2.75, 3.05) is 27.8 Å². The van der Waals surface area contributed by atoms with Gasteiger partial charge in [0.15, 0.2) is 5.82 Å². The summed E-state index contributed by atoms with van der Waals surface area (Å²) in [5, 5.41) is 18.4. The van der Waals surface area contributed by atoms with Gasteiger partial charge in [-0.25, -0.2) is 4.79 Å². The van der Waals surface area contributed by atoms with Crippen LogP contribution in [0.1, 0.15) is 61.9 Å². The second kappa shape index (κ2) is 10.1. The minimum absolute atomic E-state index is 0.0527. The van der Waals surface area contributed by atoms with E-state index >= 15 is 0 Å². The number of benzene rings is 1. The fourth-order valence-corrected chi connectivity index (χ4v) is 4.75. The van der Waals surface area contributed by atoms with Gasteiger partial charge in [0, 0.05) is 34.1 Å². The van der Waals surface area contributed by atoms with Crippen molar-refractivity contribution in [3.8, 4) is 0 Å². The number of aromatic amines is 1. The molecule has 0 radical (unpaired) electrons. The van der Waals surface area contributed by atoms with E-state index in [0.717, 1.165) is 42.0 Å². The Morgan fingerprint density at radius 3 is 2.62 bits per heavy atom. The Morgan fingerprint density at radius 1 is 1.13 bits per heavy atom. The number of rotatable bonds is 5. The molecule has 11 nitrogen and oxygen atoms in total. The lowest BCUT2D eigenvalue weighted by Crippen LogP contribution is -2.35. The van der Waals surface area contributed by atoms with Crippen LogP contribution in [0.3, 0.4) is 0 Å². The molecule has 2 aromatic heterocycles. The van der Waals surface area contributed by atoms with Gasteiger partial charge >= 0.3 is 6.03 Å². The molecule has 0 spiro atoms. The van der Waals surface area contributed by atoms with Crippen molar-refractivity contribution in [2.45, 2.75) is 58.9 Å². The molecule has 3 aromatic rings. The molecule has 5 rings (SSSR count). The zero-order chi connectivity index (χ0) is 27.9. The molecule has 1 atom stereocenters. The molecule has 1 aromatic carbocycles. The predicted octanol–water partition coefficient (Wildman–Crippen LogP) is 4.74. The van der Waals surface area contributed by atoms with Crippen LogP contribution in [0, 0.1) is 13.8 Å². The van der Waals surface area contributed by atoms with Gasteiger partial charge in [-0.2, -0.15) is 0 Å². The highest BCUT2D eigenvalue weighted by Gasteiger charge is 2.27. The summed E-state index contributed by atoms with van der Waals surface area (Å²) in [6.45, 7) is 10.6. The number of nitrogens with one attached hydrogen (secondary N) is 6. The number of carbonyl (C=O) groups is 3. The molecule has 6 N–H and O–H groups in total. The summed E-state index contributed by atoms with van der Waals surface area (Å²) in [5.74, 6) is 0.661. The lowest BCUT2D eigenvalue weighted by atomic mass is 9.93. The molecule has 0 bridgehead atoms. The largest absolute Gasteiger partial charge is 0.359 e. The molecule has 2 aliphatic heterocycles. The SMILES string of the molecule is Cc1[nH]c(C=C2C(=O)Nc3cc(NC(=O)Nc4cc(C(C)(C)C)on4)ccc32)c(C)c1NC(=O)C1CCCN1. The number of amides is 4. The standard InChI is InChI=1S/C28H33N7O4/c1-14-20(30-15(2)24(14)34-26(37)19-7-6-10-29-19)12-18-17-9-8-16(11-21(17)32-25(18)36)31-27(38)33-23-13-22(39-35-23)28(3,4)5/h8-9,11-13,19,29-30H,6-7,10H2,1-5H3,(H,32,36)(H,34,37)(H2,31,33,35,38). The highest BCUT2D eigenvalue weighted by molar-refractivity contribution is 6.35. The van der Waals surface area contributed by atoms with Gasteiger partial charge in [0.2, 0.25) is 5.91 Å². The maximum absolute atomic E-state index is 12.9. The van der Waals surface area contributed by atoms with Crippen molar-refractivity contribution in [1.82, 2.24) is 15.5 Å². The van der Waals surface area contributed by atoms with E-state index in [1.54, 1.807) is 30.3 Å². The van der Waals surface area contributed by atoms with E-state index in [9.17, 15) is 14.4 Å². The lowest BCUT2D eigenvalue weighted by Gasteiger charge is -2.12. The third kappa shape index (κ3) is 5.44. The number of hydrogen-bond donors (Lipinski definition) is 6. The van der Waals surface area contributed by atoms with Gasteiger partial charge in [-0.3, -0.25) is 14.9 Å². The Morgan fingerprint density at radius 2 is 1.92 bits per heavy atom. The Bertz CT molecular complexity index is 1490. The Kier molecular flexibility index (Phi) is 6.77. The third-order valence-electron chi connectivity index (χ3n) is 6.94. The van der Waals surface area contributed by atoms with Gasteiger partial charge in [-0.15, -0.1) is 0 Å². The van der Waals surface area contributed by atoms with E-state index in [1.807, 2.05) is 34.6 Å². The Balaban J connectivity index is 1.30. The summed E-state index contributed by atoms with van der Waals surface area (Å²) >= 11 is 0. The number of hydrogen-bond acceptors (Lipinski definition) is 6.